The molecule has 0 amide bonds. The van der Waals surface area contributed by atoms with Crippen LogP contribution in [0.3, 0.4) is 0 Å². The molecule has 0 aromatic heterocycles. The van der Waals surface area contributed by atoms with E-state index in [0.29, 0.717) is 26.1 Å². The fraction of sp³-hybridized carbons (Fsp3) is 0.917. The van der Waals surface area contributed by atoms with Gasteiger partial charge in [-0.3, -0.25) is 4.79 Å². The molecule has 0 radical (unpaired) electrons. The summed E-state index contributed by atoms with van der Waals surface area (Å²) >= 11 is 0. The second-order valence-corrected chi connectivity index (χ2v) is 4.64. The zero-order chi connectivity index (χ0) is 14.1. The average molecular weight is 270 g/mol. The van der Waals surface area contributed by atoms with Gasteiger partial charge in [-0.15, -0.1) is 0 Å². The molecule has 1 saturated carbocycles. The van der Waals surface area contributed by atoms with Crippen LogP contribution >= 0.6 is 0 Å². The Labute approximate surface area is 113 Å². The van der Waals surface area contributed by atoms with Crippen LogP contribution in [0.1, 0.15) is 32.6 Å². The second kappa shape index (κ2) is 7.99. The summed E-state index contributed by atoms with van der Waals surface area (Å²) in [6.07, 6.45) is 3.24. The second-order valence-electron chi connectivity index (χ2n) is 4.64. The minimum atomic E-state index is -0.708. The molecule has 1 aliphatic carbocycles. The first-order valence-corrected chi connectivity index (χ1v) is 6.64. The molecular weight excluding hydrogens is 248 g/mol. The number of azide groups is 1. The number of carbonyl (C=O) groups is 1. The molecule has 0 spiro atoms. The fourth-order valence-corrected chi connectivity index (χ4v) is 2.50. The number of hydrogen-bond donors (Lipinski definition) is 1. The lowest BCUT2D eigenvalue weighted by atomic mass is 9.80. The van der Waals surface area contributed by atoms with Crippen LogP contribution < -0.4 is 5.32 Å². The molecule has 0 aromatic rings. The predicted octanol–water partition coefficient (Wildman–Crippen LogP) is 1.78. The molecule has 0 aromatic carbocycles. The number of esters is 1. The summed E-state index contributed by atoms with van der Waals surface area (Å²) < 4.78 is 10.5. The molecule has 0 bridgehead atoms. The van der Waals surface area contributed by atoms with Gasteiger partial charge in [-0.2, -0.15) is 0 Å². The van der Waals surface area contributed by atoms with E-state index in [9.17, 15) is 4.79 Å². The zero-order valence-electron chi connectivity index (χ0n) is 11.6. The molecule has 19 heavy (non-hydrogen) atoms. The molecule has 1 rings (SSSR count). The molecule has 108 valence electrons. The number of methoxy groups -OCH3 is 1. The summed E-state index contributed by atoms with van der Waals surface area (Å²) in [6, 6.07) is 0. The smallest absolute Gasteiger partial charge is 0.326 e. The third-order valence-corrected chi connectivity index (χ3v) is 3.44. The standard InChI is InChI=1S/C12H22N4O3/c1-3-19-11(17)12(14-7-8-15-16-13)6-4-5-10(9-12)18-2/h10,14H,3-9H2,1-2H3. The van der Waals surface area contributed by atoms with Crippen molar-refractivity contribution in [2.45, 2.75) is 44.2 Å². The van der Waals surface area contributed by atoms with Crippen molar-refractivity contribution in [1.29, 1.82) is 0 Å². The van der Waals surface area contributed by atoms with Crippen molar-refractivity contribution in [3.63, 3.8) is 0 Å². The lowest BCUT2D eigenvalue weighted by Gasteiger charge is -2.39. The maximum atomic E-state index is 12.2. The van der Waals surface area contributed by atoms with Crippen molar-refractivity contribution in [1.82, 2.24) is 5.32 Å². The maximum Gasteiger partial charge on any atom is 0.326 e. The van der Waals surface area contributed by atoms with E-state index in [1.165, 1.54) is 0 Å². The van der Waals surface area contributed by atoms with E-state index in [0.717, 1.165) is 19.3 Å². The van der Waals surface area contributed by atoms with Gasteiger partial charge in [-0.05, 0) is 31.7 Å². The number of ether oxygens (including phenoxy) is 2. The molecule has 1 aliphatic rings. The van der Waals surface area contributed by atoms with Gasteiger partial charge in [-0.25, -0.2) is 0 Å². The summed E-state index contributed by atoms with van der Waals surface area (Å²) in [7, 11) is 1.66. The van der Waals surface area contributed by atoms with Gasteiger partial charge in [0, 0.05) is 31.5 Å². The van der Waals surface area contributed by atoms with Crippen molar-refractivity contribution in [3.8, 4) is 0 Å². The monoisotopic (exact) mass is 270 g/mol. The minimum Gasteiger partial charge on any atom is -0.465 e. The number of carbonyl (C=O) groups excluding carboxylic acids is 1. The summed E-state index contributed by atoms with van der Waals surface area (Å²) in [6.45, 7) is 2.92. The van der Waals surface area contributed by atoms with Gasteiger partial charge in [0.15, 0.2) is 0 Å². The highest BCUT2D eigenvalue weighted by atomic mass is 16.5. The van der Waals surface area contributed by atoms with Gasteiger partial charge in [0.2, 0.25) is 0 Å². The Kier molecular flexibility index (Phi) is 6.62. The lowest BCUT2D eigenvalue weighted by Crippen LogP contribution is -2.57. The number of hydrogen-bond acceptors (Lipinski definition) is 5. The molecule has 1 N–H and O–H groups in total. The Balaban J connectivity index is 2.71. The fourth-order valence-electron chi connectivity index (χ4n) is 2.50. The van der Waals surface area contributed by atoms with E-state index in [2.05, 4.69) is 15.3 Å². The van der Waals surface area contributed by atoms with Crippen LogP contribution in [-0.2, 0) is 14.3 Å². The summed E-state index contributed by atoms with van der Waals surface area (Å²) in [4.78, 5) is 14.9. The zero-order valence-corrected chi connectivity index (χ0v) is 11.6. The largest absolute Gasteiger partial charge is 0.465 e. The van der Waals surface area contributed by atoms with Gasteiger partial charge < -0.3 is 14.8 Å². The lowest BCUT2D eigenvalue weighted by molar-refractivity contribution is -0.155. The quantitative estimate of drug-likeness (QED) is 0.251. The SMILES string of the molecule is CCOC(=O)C1(NCCN=[N+]=[N-])CCCC(OC)C1. The van der Waals surface area contributed by atoms with Crippen LogP contribution in [0.4, 0.5) is 0 Å². The Bertz CT molecular complexity index is 344. The van der Waals surface area contributed by atoms with Crippen LogP contribution in [0.5, 0.6) is 0 Å². The van der Waals surface area contributed by atoms with Crippen molar-refractivity contribution < 1.29 is 14.3 Å². The van der Waals surface area contributed by atoms with Gasteiger partial charge in [0.1, 0.15) is 5.54 Å². The third kappa shape index (κ3) is 4.38. The van der Waals surface area contributed by atoms with E-state index in [1.807, 2.05) is 0 Å². The van der Waals surface area contributed by atoms with Crippen molar-refractivity contribution >= 4 is 5.97 Å². The summed E-state index contributed by atoms with van der Waals surface area (Å²) in [5.41, 5.74) is 7.55. The van der Waals surface area contributed by atoms with E-state index in [-0.39, 0.29) is 12.1 Å². The highest BCUT2D eigenvalue weighted by Crippen LogP contribution is 2.31. The topological polar surface area (TPSA) is 96.3 Å². The number of nitrogens with one attached hydrogen (secondary N) is 1. The van der Waals surface area contributed by atoms with Crippen LogP contribution in [0, 0.1) is 0 Å². The number of rotatable bonds is 7. The van der Waals surface area contributed by atoms with Gasteiger partial charge in [0.05, 0.1) is 12.7 Å². The van der Waals surface area contributed by atoms with Crippen molar-refractivity contribution in [2.24, 2.45) is 5.11 Å². The molecule has 0 saturated heterocycles. The minimum absolute atomic E-state index is 0.0603. The Morgan fingerprint density at radius 3 is 3.05 bits per heavy atom. The van der Waals surface area contributed by atoms with Crippen LogP contribution in [0.2, 0.25) is 0 Å². The van der Waals surface area contributed by atoms with Gasteiger partial charge >= 0.3 is 5.97 Å². The van der Waals surface area contributed by atoms with Crippen molar-refractivity contribution in [3.05, 3.63) is 10.4 Å². The van der Waals surface area contributed by atoms with Crippen LogP contribution in [0.25, 0.3) is 10.4 Å². The molecule has 0 aliphatic heterocycles. The van der Waals surface area contributed by atoms with Gasteiger partial charge in [-0.1, -0.05) is 5.11 Å². The van der Waals surface area contributed by atoms with Crippen molar-refractivity contribution in [2.75, 3.05) is 26.8 Å². The molecule has 2 unspecified atom stereocenters. The normalized spacial score (nSPS) is 26.5. The first-order chi connectivity index (χ1) is 9.18. The Hall–Kier alpha value is -1.30. The maximum absolute atomic E-state index is 12.2. The Morgan fingerprint density at radius 2 is 2.42 bits per heavy atom. The highest BCUT2D eigenvalue weighted by molar-refractivity contribution is 5.81. The van der Waals surface area contributed by atoms with E-state index in [4.69, 9.17) is 15.0 Å². The molecule has 1 fully saturated rings. The van der Waals surface area contributed by atoms with E-state index in [1.54, 1.807) is 14.0 Å². The number of nitrogens with zero attached hydrogens (tertiary/aromatic N) is 3. The first-order valence-electron chi connectivity index (χ1n) is 6.64. The van der Waals surface area contributed by atoms with Crippen LogP contribution in [0.15, 0.2) is 5.11 Å². The molecule has 7 nitrogen and oxygen atoms in total. The first kappa shape index (κ1) is 15.8. The van der Waals surface area contributed by atoms with E-state index >= 15 is 0 Å². The van der Waals surface area contributed by atoms with Crippen LogP contribution in [-0.4, -0.2) is 44.4 Å². The molecular formula is C12H22N4O3. The average Bonchev–Trinajstić information content (AvgIpc) is 2.44. The van der Waals surface area contributed by atoms with E-state index < -0.39 is 5.54 Å². The summed E-state index contributed by atoms with van der Waals surface area (Å²) in [5, 5.41) is 6.67. The summed E-state index contributed by atoms with van der Waals surface area (Å²) in [5.74, 6) is -0.238. The molecule has 0 heterocycles. The van der Waals surface area contributed by atoms with Gasteiger partial charge in [0.25, 0.3) is 0 Å². The molecule has 2 atom stereocenters. The molecule has 7 heteroatoms. The third-order valence-electron chi connectivity index (χ3n) is 3.44. The predicted molar refractivity (Wildman–Crippen MR) is 70.6 cm³/mol. The Morgan fingerprint density at radius 1 is 1.63 bits per heavy atom. The highest BCUT2D eigenvalue weighted by Gasteiger charge is 2.43.